The predicted molar refractivity (Wildman–Crippen MR) is 35.9 cm³/mol. The molecule has 0 spiro atoms. The molecule has 0 unspecified atom stereocenters. The average molecular weight is 139 g/mol. The zero-order valence-corrected chi connectivity index (χ0v) is 5.50. The molecule has 0 bridgehead atoms. The van der Waals surface area contributed by atoms with E-state index in [2.05, 4.69) is 15.3 Å². The van der Waals surface area contributed by atoms with Crippen molar-refractivity contribution in [2.45, 2.75) is 6.10 Å². The normalized spacial score (nSPS) is 18.4. The molecule has 1 aromatic heterocycles. The SMILES string of the molecule is c1c[nH]c(OC2CNC2)n1. The molecule has 54 valence electrons. The van der Waals surface area contributed by atoms with Crippen molar-refractivity contribution in [3.05, 3.63) is 12.4 Å². The highest BCUT2D eigenvalue weighted by Crippen LogP contribution is 2.04. The van der Waals surface area contributed by atoms with Gasteiger partial charge in [0.05, 0.1) is 0 Å². The molecule has 2 rings (SSSR count). The topological polar surface area (TPSA) is 49.9 Å². The second-order valence-corrected chi connectivity index (χ2v) is 2.29. The van der Waals surface area contributed by atoms with Crippen LogP contribution >= 0.6 is 0 Å². The summed E-state index contributed by atoms with van der Waals surface area (Å²) in [6.07, 6.45) is 3.74. The zero-order valence-electron chi connectivity index (χ0n) is 5.50. The van der Waals surface area contributed by atoms with Crippen LogP contribution in [0.4, 0.5) is 0 Å². The first-order chi connectivity index (χ1) is 4.95. The summed E-state index contributed by atoms with van der Waals surface area (Å²) in [4.78, 5) is 6.81. The fraction of sp³-hybridized carbons (Fsp3) is 0.500. The van der Waals surface area contributed by atoms with Crippen LogP contribution < -0.4 is 10.1 Å². The van der Waals surface area contributed by atoms with E-state index in [-0.39, 0.29) is 0 Å². The molecule has 0 aliphatic carbocycles. The molecule has 0 atom stereocenters. The Kier molecular flexibility index (Phi) is 1.32. The van der Waals surface area contributed by atoms with Gasteiger partial charge in [0, 0.05) is 25.5 Å². The van der Waals surface area contributed by atoms with Gasteiger partial charge in [-0.3, -0.25) is 0 Å². The minimum atomic E-state index is 0.311. The van der Waals surface area contributed by atoms with Crippen molar-refractivity contribution in [3.8, 4) is 6.01 Å². The number of rotatable bonds is 2. The van der Waals surface area contributed by atoms with E-state index in [0.717, 1.165) is 13.1 Å². The Morgan fingerprint density at radius 3 is 3.00 bits per heavy atom. The number of H-pyrrole nitrogens is 1. The summed E-state index contributed by atoms with van der Waals surface area (Å²) in [6.45, 7) is 1.86. The largest absolute Gasteiger partial charge is 0.459 e. The van der Waals surface area contributed by atoms with Crippen molar-refractivity contribution in [3.63, 3.8) is 0 Å². The van der Waals surface area contributed by atoms with Crippen LogP contribution in [0.5, 0.6) is 6.01 Å². The maximum atomic E-state index is 5.36. The van der Waals surface area contributed by atoms with E-state index >= 15 is 0 Å². The van der Waals surface area contributed by atoms with Gasteiger partial charge in [-0.25, -0.2) is 4.98 Å². The van der Waals surface area contributed by atoms with Crippen LogP contribution in [0.25, 0.3) is 0 Å². The van der Waals surface area contributed by atoms with Gasteiger partial charge in [0.1, 0.15) is 6.10 Å². The van der Waals surface area contributed by atoms with Crippen molar-refractivity contribution in [1.29, 1.82) is 0 Å². The van der Waals surface area contributed by atoms with Crippen LogP contribution in [0.1, 0.15) is 0 Å². The van der Waals surface area contributed by atoms with Crippen LogP contribution in [0, 0.1) is 0 Å². The summed E-state index contributed by atoms with van der Waals surface area (Å²) in [5.41, 5.74) is 0. The number of ether oxygens (including phenoxy) is 1. The minimum Gasteiger partial charge on any atom is -0.459 e. The van der Waals surface area contributed by atoms with Gasteiger partial charge in [-0.1, -0.05) is 0 Å². The van der Waals surface area contributed by atoms with Crippen LogP contribution in [0.3, 0.4) is 0 Å². The molecule has 2 heterocycles. The van der Waals surface area contributed by atoms with E-state index in [4.69, 9.17) is 4.74 Å². The Labute approximate surface area is 58.6 Å². The number of imidazole rings is 1. The monoisotopic (exact) mass is 139 g/mol. The van der Waals surface area contributed by atoms with Crippen molar-refractivity contribution >= 4 is 0 Å². The Morgan fingerprint density at radius 1 is 1.60 bits per heavy atom. The number of aromatic nitrogens is 2. The van der Waals surface area contributed by atoms with E-state index in [1.807, 2.05) is 0 Å². The van der Waals surface area contributed by atoms with Crippen LogP contribution in [-0.2, 0) is 0 Å². The summed E-state index contributed by atoms with van der Waals surface area (Å²) >= 11 is 0. The minimum absolute atomic E-state index is 0.311. The summed E-state index contributed by atoms with van der Waals surface area (Å²) in [7, 11) is 0. The van der Waals surface area contributed by atoms with E-state index in [1.165, 1.54) is 0 Å². The van der Waals surface area contributed by atoms with Gasteiger partial charge in [0.15, 0.2) is 0 Å². The van der Waals surface area contributed by atoms with E-state index in [1.54, 1.807) is 12.4 Å². The van der Waals surface area contributed by atoms with E-state index in [9.17, 15) is 0 Å². The van der Waals surface area contributed by atoms with E-state index < -0.39 is 0 Å². The maximum absolute atomic E-state index is 5.36. The molecule has 4 heteroatoms. The number of nitrogens with one attached hydrogen (secondary N) is 2. The third kappa shape index (κ3) is 0.974. The Hall–Kier alpha value is -1.03. The molecule has 0 aromatic carbocycles. The lowest BCUT2D eigenvalue weighted by atomic mass is 10.2. The Morgan fingerprint density at radius 2 is 2.50 bits per heavy atom. The van der Waals surface area contributed by atoms with E-state index in [0.29, 0.717) is 12.1 Å². The van der Waals surface area contributed by atoms with Gasteiger partial charge in [-0.05, 0) is 0 Å². The number of nitrogens with zero attached hydrogens (tertiary/aromatic N) is 1. The molecule has 0 radical (unpaired) electrons. The summed E-state index contributed by atoms with van der Waals surface area (Å²) in [5.74, 6) is 0. The molecule has 1 aromatic rings. The van der Waals surface area contributed by atoms with Crippen molar-refractivity contribution in [2.24, 2.45) is 0 Å². The molecule has 2 N–H and O–H groups in total. The van der Waals surface area contributed by atoms with Gasteiger partial charge in [-0.15, -0.1) is 0 Å². The highest BCUT2D eigenvalue weighted by molar-refractivity contribution is 4.95. The first-order valence-electron chi connectivity index (χ1n) is 3.32. The predicted octanol–water partition coefficient (Wildman–Crippen LogP) is -0.240. The van der Waals surface area contributed by atoms with Crippen LogP contribution in [-0.4, -0.2) is 29.2 Å². The van der Waals surface area contributed by atoms with Gasteiger partial charge in [-0.2, -0.15) is 0 Å². The molecular formula is C6H9N3O. The van der Waals surface area contributed by atoms with Gasteiger partial charge >= 0.3 is 0 Å². The molecule has 0 amide bonds. The standard InChI is InChI=1S/C6H9N3O/c1-2-9-6(8-1)10-5-3-7-4-5/h1-2,5,7H,3-4H2,(H,8,9). The third-order valence-electron chi connectivity index (χ3n) is 1.50. The molecule has 1 fully saturated rings. The molecule has 0 saturated carbocycles. The van der Waals surface area contributed by atoms with Gasteiger partial charge < -0.3 is 15.0 Å². The molecule has 10 heavy (non-hydrogen) atoms. The van der Waals surface area contributed by atoms with Gasteiger partial charge in [0.2, 0.25) is 0 Å². The Bertz CT molecular complexity index is 193. The Balaban J connectivity index is 1.90. The third-order valence-corrected chi connectivity index (χ3v) is 1.50. The lowest BCUT2D eigenvalue weighted by molar-refractivity contribution is 0.131. The van der Waals surface area contributed by atoms with Crippen LogP contribution in [0.2, 0.25) is 0 Å². The maximum Gasteiger partial charge on any atom is 0.293 e. The molecular weight excluding hydrogens is 130 g/mol. The lowest BCUT2D eigenvalue weighted by Crippen LogP contribution is -2.50. The summed E-state index contributed by atoms with van der Waals surface area (Å²) in [6, 6.07) is 0.617. The second kappa shape index (κ2) is 2.30. The average Bonchev–Trinajstić information content (AvgIpc) is 2.29. The highest BCUT2D eigenvalue weighted by Gasteiger charge is 2.18. The molecule has 1 saturated heterocycles. The summed E-state index contributed by atoms with van der Waals surface area (Å²) in [5, 5.41) is 3.11. The molecule has 1 aliphatic rings. The zero-order chi connectivity index (χ0) is 6.81. The second-order valence-electron chi connectivity index (χ2n) is 2.29. The van der Waals surface area contributed by atoms with Crippen molar-refractivity contribution in [2.75, 3.05) is 13.1 Å². The first-order valence-corrected chi connectivity index (χ1v) is 3.32. The fourth-order valence-electron chi connectivity index (χ4n) is 0.819. The molecule has 4 nitrogen and oxygen atoms in total. The summed E-state index contributed by atoms with van der Waals surface area (Å²) < 4.78 is 5.36. The lowest BCUT2D eigenvalue weighted by Gasteiger charge is -2.26. The van der Waals surface area contributed by atoms with Gasteiger partial charge in [0.25, 0.3) is 6.01 Å². The van der Waals surface area contributed by atoms with Crippen molar-refractivity contribution in [1.82, 2.24) is 15.3 Å². The highest BCUT2D eigenvalue weighted by atomic mass is 16.5. The number of hydrogen-bond donors (Lipinski definition) is 2. The quantitative estimate of drug-likeness (QED) is 0.594. The smallest absolute Gasteiger partial charge is 0.293 e. The fourth-order valence-corrected chi connectivity index (χ4v) is 0.819. The van der Waals surface area contributed by atoms with Crippen molar-refractivity contribution < 1.29 is 4.74 Å². The first kappa shape index (κ1) is 5.73. The molecule has 1 aliphatic heterocycles. The number of aromatic amines is 1. The number of hydrogen-bond acceptors (Lipinski definition) is 3. The van der Waals surface area contributed by atoms with Crippen LogP contribution in [0.15, 0.2) is 12.4 Å².